The molecule has 31 heavy (non-hydrogen) atoms. The van der Waals surface area contributed by atoms with Crippen molar-refractivity contribution in [1.29, 1.82) is 0 Å². The lowest BCUT2D eigenvalue weighted by Gasteiger charge is -2.36. The number of ether oxygens (including phenoxy) is 2. The number of para-hydroxylation sites is 1. The third-order valence-corrected chi connectivity index (χ3v) is 5.63. The van der Waals surface area contributed by atoms with Crippen LogP contribution in [0.2, 0.25) is 0 Å². The van der Waals surface area contributed by atoms with Crippen molar-refractivity contribution in [2.24, 2.45) is 4.99 Å². The number of piperazine rings is 1. The van der Waals surface area contributed by atoms with Gasteiger partial charge in [-0.25, -0.2) is 4.39 Å². The van der Waals surface area contributed by atoms with Gasteiger partial charge in [0.2, 0.25) is 6.79 Å². The van der Waals surface area contributed by atoms with E-state index in [4.69, 9.17) is 9.47 Å². The summed E-state index contributed by atoms with van der Waals surface area (Å²) in [5.41, 5.74) is 1.82. The van der Waals surface area contributed by atoms with Crippen LogP contribution in [0.25, 0.3) is 0 Å². The standard InChI is InChI=1S/C23H30FN5O2/c1-25-23(27-16-18-7-8-21-22(15-18)31-17-30-21)26-9-4-10-28-11-13-29(14-12-28)20-6-3-2-5-19(20)24/h2-3,5-8,15H,4,9-14,16-17H2,1H3,(H2,25,26,27). The van der Waals surface area contributed by atoms with Crippen molar-refractivity contribution in [2.75, 3.05) is 58.0 Å². The quantitative estimate of drug-likeness (QED) is 0.402. The third-order valence-electron chi connectivity index (χ3n) is 5.63. The molecule has 8 heteroatoms. The minimum atomic E-state index is -0.139. The second kappa shape index (κ2) is 10.3. The number of rotatable bonds is 7. The van der Waals surface area contributed by atoms with Crippen LogP contribution in [0.5, 0.6) is 11.5 Å². The molecule has 2 aromatic carbocycles. The van der Waals surface area contributed by atoms with Crippen molar-refractivity contribution in [3.63, 3.8) is 0 Å². The van der Waals surface area contributed by atoms with Gasteiger partial charge in [0.1, 0.15) is 5.82 Å². The lowest BCUT2D eigenvalue weighted by atomic mass is 10.2. The minimum Gasteiger partial charge on any atom is -0.454 e. The Hall–Kier alpha value is -3.00. The molecule has 7 nitrogen and oxygen atoms in total. The van der Waals surface area contributed by atoms with Crippen molar-refractivity contribution >= 4 is 11.6 Å². The molecule has 1 fully saturated rings. The van der Waals surface area contributed by atoms with Gasteiger partial charge in [-0.3, -0.25) is 9.89 Å². The van der Waals surface area contributed by atoms with E-state index < -0.39 is 0 Å². The average molecular weight is 428 g/mol. The van der Waals surface area contributed by atoms with Gasteiger partial charge in [0.25, 0.3) is 0 Å². The van der Waals surface area contributed by atoms with Crippen LogP contribution < -0.4 is 25.0 Å². The second-order valence-electron chi connectivity index (χ2n) is 7.67. The number of aliphatic imine (C=N–C) groups is 1. The molecule has 2 N–H and O–H groups in total. The molecule has 0 amide bonds. The first-order valence-corrected chi connectivity index (χ1v) is 10.8. The van der Waals surface area contributed by atoms with Crippen LogP contribution in [0.15, 0.2) is 47.5 Å². The van der Waals surface area contributed by atoms with E-state index in [1.54, 1.807) is 13.1 Å². The average Bonchev–Trinajstić information content (AvgIpc) is 3.27. The normalized spacial score (nSPS) is 16.5. The van der Waals surface area contributed by atoms with Gasteiger partial charge in [-0.1, -0.05) is 18.2 Å². The highest BCUT2D eigenvalue weighted by Crippen LogP contribution is 2.32. The number of benzene rings is 2. The van der Waals surface area contributed by atoms with Crippen LogP contribution in [-0.4, -0.2) is 64.0 Å². The highest BCUT2D eigenvalue weighted by atomic mass is 19.1. The number of halogens is 1. The van der Waals surface area contributed by atoms with Crippen LogP contribution in [0.3, 0.4) is 0 Å². The molecule has 0 bridgehead atoms. The number of hydrogen-bond donors (Lipinski definition) is 2. The van der Waals surface area contributed by atoms with Gasteiger partial charge in [-0.15, -0.1) is 0 Å². The van der Waals surface area contributed by atoms with Crippen molar-refractivity contribution in [1.82, 2.24) is 15.5 Å². The monoisotopic (exact) mass is 427 g/mol. The molecule has 0 aliphatic carbocycles. The summed E-state index contributed by atoms with van der Waals surface area (Å²) in [4.78, 5) is 8.86. The maximum Gasteiger partial charge on any atom is 0.231 e. The predicted molar refractivity (Wildman–Crippen MR) is 120 cm³/mol. The van der Waals surface area contributed by atoms with E-state index in [0.717, 1.165) is 68.7 Å². The Balaban J connectivity index is 1.13. The first kappa shape index (κ1) is 21.2. The zero-order valence-electron chi connectivity index (χ0n) is 17.9. The summed E-state index contributed by atoms with van der Waals surface area (Å²) >= 11 is 0. The molecule has 0 atom stereocenters. The number of nitrogens with one attached hydrogen (secondary N) is 2. The first-order chi connectivity index (χ1) is 15.2. The summed E-state index contributed by atoms with van der Waals surface area (Å²) in [7, 11) is 1.77. The molecular formula is C23H30FN5O2. The fourth-order valence-corrected chi connectivity index (χ4v) is 3.89. The number of hydrogen-bond acceptors (Lipinski definition) is 5. The number of anilines is 1. The molecule has 0 radical (unpaired) electrons. The molecule has 2 heterocycles. The summed E-state index contributed by atoms with van der Waals surface area (Å²) in [6.45, 7) is 6.41. The number of guanidine groups is 1. The first-order valence-electron chi connectivity index (χ1n) is 10.8. The van der Waals surface area contributed by atoms with E-state index in [1.807, 2.05) is 30.3 Å². The maximum absolute atomic E-state index is 14.0. The SMILES string of the molecule is CN=C(NCCCN1CCN(c2ccccc2F)CC1)NCc1ccc2c(c1)OCO2. The number of fused-ring (bicyclic) bond motifs is 1. The highest BCUT2D eigenvalue weighted by Gasteiger charge is 2.19. The van der Waals surface area contributed by atoms with Crippen molar-refractivity contribution in [3.05, 3.63) is 53.8 Å². The lowest BCUT2D eigenvalue weighted by molar-refractivity contribution is 0.174. The van der Waals surface area contributed by atoms with Gasteiger partial charge in [0.05, 0.1) is 5.69 Å². The van der Waals surface area contributed by atoms with Crippen LogP contribution in [0.1, 0.15) is 12.0 Å². The highest BCUT2D eigenvalue weighted by molar-refractivity contribution is 5.79. The molecule has 2 aliphatic heterocycles. The molecule has 0 spiro atoms. The molecule has 4 rings (SSSR count). The predicted octanol–water partition coefficient (Wildman–Crippen LogP) is 2.43. The molecule has 2 aliphatic rings. The zero-order chi connectivity index (χ0) is 21.5. The van der Waals surface area contributed by atoms with Gasteiger partial charge in [-0.2, -0.15) is 0 Å². The number of nitrogens with zero attached hydrogens (tertiary/aromatic N) is 3. The summed E-state index contributed by atoms with van der Waals surface area (Å²) in [6, 6.07) is 13.0. The zero-order valence-corrected chi connectivity index (χ0v) is 17.9. The molecule has 1 saturated heterocycles. The summed E-state index contributed by atoms with van der Waals surface area (Å²) in [5, 5.41) is 6.70. The van der Waals surface area contributed by atoms with Gasteiger partial charge in [0, 0.05) is 46.3 Å². The van der Waals surface area contributed by atoms with Crippen LogP contribution in [0, 0.1) is 5.82 Å². The van der Waals surface area contributed by atoms with Gasteiger partial charge in [0.15, 0.2) is 17.5 Å². The van der Waals surface area contributed by atoms with E-state index in [0.29, 0.717) is 12.2 Å². The Labute approximate surface area is 182 Å². The molecule has 0 saturated carbocycles. The fraction of sp³-hybridized carbons (Fsp3) is 0.435. The minimum absolute atomic E-state index is 0.139. The van der Waals surface area contributed by atoms with Crippen molar-refractivity contribution in [2.45, 2.75) is 13.0 Å². The summed E-state index contributed by atoms with van der Waals surface area (Å²) in [5.74, 6) is 2.22. The molecule has 166 valence electrons. The molecule has 2 aromatic rings. The second-order valence-corrected chi connectivity index (χ2v) is 7.67. The Morgan fingerprint density at radius 3 is 2.65 bits per heavy atom. The Kier molecular flexibility index (Phi) is 7.09. The Bertz CT molecular complexity index is 899. The van der Waals surface area contributed by atoms with Crippen LogP contribution in [0.4, 0.5) is 10.1 Å². The van der Waals surface area contributed by atoms with Gasteiger partial charge >= 0.3 is 0 Å². The van der Waals surface area contributed by atoms with E-state index >= 15 is 0 Å². The van der Waals surface area contributed by atoms with Gasteiger partial charge < -0.3 is 25.0 Å². The van der Waals surface area contributed by atoms with E-state index in [1.165, 1.54) is 6.07 Å². The van der Waals surface area contributed by atoms with Crippen LogP contribution in [-0.2, 0) is 6.54 Å². The smallest absolute Gasteiger partial charge is 0.231 e. The van der Waals surface area contributed by atoms with Crippen molar-refractivity contribution in [3.8, 4) is 11.5 Å². The topological polar surface area (TPSA) is 61.4 Å². The molecule has 0 unspecified atom stereocenters. The van der Waals surface area contributed by atoms with E-state index in [9.17, 15) is 4.39 Å². The largest absolute Gasteiger partial charge is 0.454 e. The van der Waals surface area contributed by atoms with E-state index in [-0.39, 0.29) is 12.6 Å². The van der Waals surface area contributed by atoms with Crippen molar-refractivity contribution < 1.29 is 13.9 Å². The van der Waals surface area contributed by atoms with E-state index in [2.05, 4.69) is 25.4 Å². The molecule has 0 aromatic heterocycles. The fourth-order valence-electron chi connectivity index (χ4n) is 3.89. The summed E-state index contributed by atoms with van der Waals surface area (Å²) < 4.78 is 24.7. The van der Waals surface area contributed by atoms with Crippen LogP contribution >= 0.6 is 0 Å². The summed E-state index contributed by atoms with van der Waals surface area (Å²) in [6.07, 6.45) is 1.02. The molecular weight excluding hydrogens is 397 g/mol. The third kappa shape index (κ3) is 5.58. The Morgan fingerprint density at radius 2 is 1.84 bits per heavy atom. The maximum atomic E-state index is 14.0. The Morgan fingerprint density at radius 1 is 1.03 bits per heavy atom. The van der Waals surface area contributed by atoms with Gasteiger partial charge in [-0.05, 0) is 42.8 Å². The lowest BCUT2D eigenvalue weighted by Crippen LogP contribution is -2.47.